The Labute approximate surface area is 67.8 Å². The van der Waals surface area contributed by atoms with Crippen LogP contribution in [0.3, 0.4) is 0 Å². The highest BCUT2D eigenvalue weighted by molar-refractivity contribution is 5.50. The highest BCUT2D eigenvalue weighted by Gasteiger charge is 1.90. The number of allylic oxidation sites excluding steroid dienone is 1. The molecule has 1 rings (SSSR count). The third-order valence-electron chi connectivity index (χ3n) is 1.58. The molecule has 0 amide bonds. The summed E-state index contributed by atoms with van der Waals surface area (Å²) >= 11 is 0. The third-order valence-corrected chi connectivity index (χ3v) is 1.58. The van der Waals surface area contributed by atoms with Gasteiger partial charge in [-0.3, -0.25) is 4.98 Å². The summed E-state index contributed by atoms with van der Waals surface area (Å²) in [6.45, 7) is 4.15. The Balaban J connectivity index is 2.86. The lowest BCUT2D eigenvalue weighted by atomic mass is 10.2. The maximum absolute atomic E-state index is 4.18. The lowest BCUT2D eigenvalue weighted by Crippen LogP contribution is -1.82. The summed E-state index contributed by atoms with van der Waals surface area (Å²) in [5.74, 6) is 0. The van der Waals surface area contributed by atoms with Gasteiger partial charge in [-0.25, -0.2) is 0 Å². The number of aryl methyl sites for hydroxylation is 1. The molecule has 0 saturated heterocycles. The van der Waals surface area contributed by atoms with Gasteiger partial charge in [0.15, 0.2) is 0 Å². The lowest BCUT2D eigenvalue weighted by Gasteiger charge is -1.95. The van der Waals surface area contributed by atoms with Crippen molar-refractivity contribution >= 4 is 6.08 Å². The Morgan fingerprint density at radius 1 is 1.55 bits per heavy atom. The van der Waals surface area contributed by atoms with E-state index in [0.29, 0.717) is 0 Å². The molecule has 0 aromatic carbocycles. The van der Waals surface area contributed by atoms with Crippen molar-refractivity contribution in [3.8, 4) is 0 Å². The maximum Gasteiger partial charge on any atom is 0.0444 e. The molecule has 11 heavy (non-hydrogen) atoms. The molecule has 0 aliphatic heterocycles. The average Bonchev–Trinajstić information content (AvgIpc) is 2.03. The van der Waals surface area contributed by atoms with Gasteiger partial charge in [0.25, 0.3) is 0 Å². The van der Waals surface area contributed by atoms with Gasteiger partial charge in [-0.2, -0.15) is 0 Å². The van der Waals surface area contributed by atoms with Crippen LogP contribution in [0.15, 0.2) is 24.4 Å². The van der Waals surface area contributed by atoms with Crippen LogP contribution in [0.4, 0.5) is 0 Å². The smallest absolute Gasteiger partial charge is 0.0444 e. The quantitative estimate of drug-likeness (QED) is 0.626. The first kappa shape index (κ1) is 7.99. The molecule has 0 unspecified atom stereocenters. The highest BCUT2D eigenvalue weighted by Crippen LogP contribution is 2.05. The largest absolute Gasteiger partial charge is 0.261 e. The Morgan fingerprint density at radius 2 is 2.36 bits per heavy atom. The van der Waals surface area contributed by atoms with E-state index in [-0.39, 0.29) is 0 Å². The molecule has 1 nitrogen and oxygen atoms in total. The summed E-state index contributed by atoms with van der Waals surface area (Å²) in [6.07, 6.45) is 7.15. The van der Waals surface area contributed by atoms with E-state index in [1.807, 2.05) is 19.2 Å². The highest BCUT2D eigenvalue weighted by atomic mass is 14.7. The first-order chi connectivity index (χ1) is 5.34. The molecule has 1 aromatic heterocycles. The van der Waals surface area contributed by atoms with E-state index in [9.17, 15) is 0 Å². The van der Waals surface area contributed by atoms with E-state index in [0.717, 1.165) is 12.1 Å². The fraction of sp³-hybridized carbons (Fsp3) is 0.300. The van der Waals surface area contributed by atoms with Gasteiger partial charge in [-0.1, -0.05) is 25.1 Å². The van der Waals surface area contributed by atoms with Crippen molar-refractivity contribution in [1.29, 1.82) is 0 Å². The molecule has 58 valence electrons. The summed E-state index contributed by atoms with van der Waals surface area (Å²) in [5.41, 5.74) is 2.31. The Bertz CT molecular complexity index is 251. The van der Waals surface area contributed by atoms with Crippen molar-refractivity contribution in [3.63, 3.8) is 0 Å². The molecule has 1 aromatic rings. The predicted molar refractivity (Wildman–Crippen MR) is 48.3 cm³/mol. The molecule has 0 N–H and O–H groups in total. The van der Waals surface area contributed by atoms with Gasteiger partial charge in [-0.15, -0.1) is 0 Å². The molecule has 0 atom stereocenters. The van der Waals surface area contributed by atoms with Crippen LogP contribution in [0.2, 0.25) is 0 Å². The first-order valence-electron chi connectivity index (χ1n) is 3.92. The molecule has 1 heteroatoms. The van der Waals surface area contributed by atoms with E-state index in [2.05, 4.69) is 30.1 Å². The van der Waals surface area contributed by atoms with Crippen molar-refractivity contribution in [2.45, 2.75) is 20.3 Å². The standard InChI is InChI=1S/C10H13N/c1-3-4-6-10-7-5-8-11-9(10)2/h4-8H,3H2,1-2H3/b6-4-. The summed E-state index contributed by atoms with van der Waals surface area (Å²) in [5, 5.41) is 0. The first-order valence-corrected chi connectivity index (χ1v) is 3.92. The van der Waals surface area contributed by atoms with Crippen LogP contribution in [0.5, 0.6) is 0 Å². The van der Waals surface area contributed by atoms with Crippen molar-refractivity contribution in [3.05, 3.63) is 35.7 Å². The average molecular weight is 147 g/mol. The number of aromatic nitrogens is 1. The zero-order valence-corrected chi connectivity index (χ0v) is 7.04. The zero-order chi connectivity index (χ0) is 8.10. The van der Waals surface area contributed by atoms with Crippen LogP contribution in [0.1, 0.15) is 24.6 Å². The molecule has 0 aliphatic rings. The van der Waals surface area contributed by atoms with Gasteiger partial charge in [0.1, 0.15) is 0 Å². The van der Waals surface area contributed by atoms with Crippen LogP contribution < -0.4 is 0 Å². The van der Waals surface area contributed by atoms with Crippen LogP contribution in [-0.2, 0) is 0 Å². The fourth-order valence-corrected chi connectivity index (χ4v) is 0.918. The van der Waals surface area contributed by atoms with Gasteiger partial charge in [0, 0.05) is 11.9 Å². The normalized spacial score (nSPS) is 10.7. The number of nitrogens with zero attached hydrogens (tertiary/aromatic N) is 1. The molecule has 0 radical (unpaired) electrons. The predicted octanol–water partition coefficient (Wildman–Crippen LogP) is 2.81. The van der Waals surface area contributed by atoms with Crippen molar-refractivity contribution < 1.29 is 0 Å². The molecule has 0 bridgehead atoms. The second-order valence-electron chi connectivity index (χ2n) is 2.49. The minimum atomic E-state index is 1.08. The summed E-state index contributed by atoms with van der Waals surface area (Å²) in [6, 6.07) is 4.04. The summed E-state index contributed by atoms with van der Waals surface area (Å²) in [4.78, 5) is 4.18. The second kappa shape index (κ2) is 3.91. The number of rotatable bonds is 2. The molecule has 0 aliphatic carbocycles. The minimum absolute atomic E-state index is 1.08. The molecular weight excluding hydrogens is 134 g/mol. The maximum atomic E-state index is 4.18. The van der Waals surface area contributed by atoms with Crippen LogP contribution in [0, 0.1) is 6.92 Å². The summed E-state index contributed by atoms with van der Waals surface area (Å²) < 4.78 is 0. The third kappa shape index (κ3) is 2.19. The fourth-order valence-electron chi connectivity index (χ4n) is 0.918. The summed E-state index contributed by atoms with van der Waals surface area (Å²) in [7, 11) is 0. The monoisotopic (exact) mass is 147 g/mol. The number of hydrogen-bond acceptors (Lipinski definition) is 1. The van der Waals surface area contributed by atoms with Gasteiger partial charge in [-0.05, 0) is 25.0 Å². The van der Waals surface area contributed by atoms with Gasteiger partial charge < -0.3 is 0 Å². The van der Waals surface area contributed by atoms with Gasteiger partial charge in [0.05, 0.1) is 0 Å². The topological polar surface area (TPSA) is 12.9 Å². The molecule has 0 spiro atoms. The minimum Gasteiger partial charge on any atom is -0.261 e. The van der Waals surface area contributed by atoms with E-state index >= 15 is 0 Å². The van der Waals surface area contributed by atoms with Crippen LogP contribution in [0.25, 0.3) is 6.08 Å². The van der Waals surface area contributed by atoms with E-state index in [1.54, 1.807) is 0 Å². The molecule has 1 heterocycles. The van der Waals surface area contributed by atoms with Crippen molar-refractivity contribution in [2.75, 3.05) is 0 Å². The Hall–Kier alpha value is -1.11. The van der Waals surface area contributed by atoms with E-state index in [4.69, 9.17) is 0 Å². The van der Waals surface area contributed by atoms with Crippen LogP contribution >= 0.6 is 0 Å². The SMILES string of the molecule is CC/C=C\c1cccnc1C. The van der Waals surface area contributed by atoms with Crippen LogP contribution in [-0.4, -0.2) is 4.98 Å². The van der Waals surface area contributed by atoms with Crippen molar-refractivity contribution in [1.82, 2.24) is 4.98 Å². The van der Waals surface area contributed by atoms with Gasteiger partial charge >= 0.3 is 0 Å². The lowest BCUT2D eigenvalue weighted by molar-refractivity contribution is 1.18. The molecule has 0 saturated carbocycles. The second-order valence-corrected chi connectivity index (χ2v) is 2.49. The van der Waals surface area contributed by atoms with Gasteiger partial charge in [0.2, 0.25) is 0 Å². The van der Waals surface area contributed by atoms with Crippen molar-refractivity contribution in [2.24, 2.45) is 0 Å². The number of pyridine rings is 1. The van der Waals surface area contributed by atoms with E-state index < -0.39 is 0 Å². The Morgan fingerprint density at radius 3 is 3.00 bits per heavy atom. The molecule has 0 fully saturated rings. The Kier molecular flexibility index (Phi) is 2.84. The zero-order valence-electron chi connectivity index (χ0n) is 7.04. The van der Waals surface area contributed by atoms with E-state index in [1.165, 1.54) is 5.56 Å². The molecular formula is C10H13N. The number of hydrogen-bond donors (Lipinski definition) is 0.